The van der Waals surface area contributed by atoms with Crippen LogP contribution in [0, 0.1) is 24.2 Å². The van der Waals surface area contributed by atoms with E-state index < -0.39 is 0 Å². The fourth-order valence-electron chi connectivity index (χ4n) is 1.82. The van der Waals surface area contributed by atoms with Gasteiger partial charge in [0.25, 0.3) is 0 Å². The van der Waals surface area contributed by atoms with E-state index in [-0.39, 0.29) is 0 Å². The minimum Gasteiger partial charge on any atom is -0.352 e. The summed E-state index contributed by atoms with van der Waals surface area (Å²) in [7, 11) is 0. The van der Waals surface area contributed by atoms with E-state index in [4.69, 9.17) is 5.26 Å². The SMILES string of the molecule is Cc1cn(CC2CCC2)cc1C#N. The van der Waals surface area contributed by atoms with Crippen molar-refractivity contribution in [2.24, 2.45) is 5.92 Å². The highest BCUT2D eigenvalue weighted by atomic mass is 14.9. The largest absolute Gasteiger partial charge is 0.352 e. The molecule has 1 fully saturated rings. The zero-order chi connectivity index (χ0) is 9.26. The van der Waals surface area contributed by atoms with Crippen LogP contribution in [0.25, 0.3) is 0 Å². The number of hydrogen-bond acceptors (Lipinski definition) is 1. The van der Waals surface area contributed by atoms with Crippen LogP contribution >= 0.6 is 0 Å². The van der Waals surface area contributed by atoms with Crippen molar-refractivity contribution >= 4 is 0 Å². The first-order valence-corrected chi connectivity index (χ1v) is 4.86. The first-order valence-electron chi connectivity index (χ1n) is 4.86. The van der Waals surface area contributed by atoms with E-state index in [0.717, 1.165) is 23.6 Å². The van der Waals surface area contributed by atoms with Crippen molar-refractivity contribution in [2.45, 2.75) is 32.7 Å². The molecule has 1 aromatic heterocycles. The first-order chi connectivity index (χ1) is 6.29. The minimum absolute atomic E-state index is 0.819. The predicted molar refractivity (Wildman–Crippen MR) is 51.2 cm³/mol. The Bertz CT molecular complexity index is 339. The van der Waals surface area contributed by atoms with Crippen LogP contribution in [0.2, 0.25) is 0 Å². The van der Waals surface area contributed by atoms with Crippen molar-refractivity contribution in [3.63, 3.8) is 0 Å². The molecule has 2 nitrogen and oxygen atoms in total. The molecule has 0 unspecified atom stereocenters. The molecule has 2 rings (SSSR count). The molecule has 0 atom stereocenters. The molecular weight excluding hydrogens is 160 g/mol. The zero-order valence-corrected chi connectivity index (χ0v) is 7.95. The summed E-state index contributed by atoms with van der Waals surface area (Å²) in [4.78, 5) is 0. The topological polar surface area (TPSA) is 28.7 Å². The van der Waals surface area contributed by atoms with Gasteiger partial charge in [-0.25, -0.2) is 0 Å². The third-order valence-corrected chi connectivity index (χ3v) is 2.89. The van der Waals surface area contributed by atoms with E-state index in [1.165, 1.54) is 19.3 Å². The van der Waals surface area contributed by atoms with Crippen LogP contribution in [0.1, 0.15) is 30.4 Å². The van der Waals surface area contributed by atoms with Crippen LogP contribution < -0.4 is 0 Å². The Kier molecular flexibility index (Phi) is 2.10. The number of rotatable bonds is 2. The van der Waals surface area contributed by atoms with Crippen molar-refractivity contribution < 1.29 is 0 Å². The van der Waals surface area contributed by atoms with Crippen LogP contribution in [-0.2, 0) is 6.54 Å². The molecule has 0 spiro atoms. The molecule has 1 aliphatic rings. The summed E-state index contributed by atoms with van der Waals surface area (Å²) < 4.78 is 2.16. The Balaban J connectivity index is 2.08. The summed E-state index contributed by atoms with van der Waals surface area (Å²) in [5.41, 5.74) is 1.92. The van der Waals surface area contributed by atoms with E-state index in [9.17, 15) is 0 Å². The van der Waals surface area contributed by atoms with Gasteiger partial charge in [0.1, 0.15) is 6.07 Å². The molecule has 1 aromatic rings. The highest BCUT2D eigenvalue weighted by Crippen LogP contribution is 2.28. The van der Waals surface area contributed by atoms with Crippen molar-refractivity contribution in [3.05, 3.63) is 23.5 Å². The highest BCUT2D eigenvalue weighted by Gasteiger charge is 2.17. The molecule has 0 amide bonds. The van der Waals surface area contributed by atoms with Gasteiger partial charge in [0.15, 0.2) is 0 Å². The van der Waals surface area contributed by atoms with Gasteiger partial charge in [0.05, 0.1) is 5.56 Å². The van der Waals surface area contributed by atoms with E-state index >= 15 is 0 Å². The molecule has 13 heavy (non-hydrogen) atoms. The Morgan fingerprint density at radius 2 is 2.31 bits per heavy atom. The maximum atomic E-state index is 8.77. The lowest BCUT2D eigenvalue weighted by Crippen LogP contribution is -2.16. The number of nitriles is 1. The second-order valence-electron chi connectivity index (χ2n) is 3.96. The van der Waals surface area contributed by atoms with Crippen LogP contribution in [0.3, 0.4) is 0 Å². The Hall–Kier alpha value is -1.23. The van der Waals surface area contributed by atoms with Gasteiger partial charge in [0.2, 0.25) is 0 Å². The van der Waals surface area contributed by atoms with Gasteiger partial charge in [-0.05, 0) is 31.2 Å². The molecule has 1 saturated carbocycles. The lowest BCUT2D eigenvalue weighted by molar-refractivity contribution is 0.277. The molecule has 1 heterocycles. The molecule has 0 aromatic carbocycles. The fourth-order valence-corrected chi connectivity index (χ4v) is 1.82. The van der Waals surface area contributed by atoms with Crippen molar-refractivity contribution in [2.75, 3.05) is 0 Å². The summed E-state index contributed by atoms with van der Waals surface area (Å²) in [6, 6.07) is 2.20. The van der Waals surface area contributed by atoms with Crippen LogP contribution in [-0.4, -0.2) is 4.57 Å². The predicted octanol–water partition coefficient (Wildman–Crippen LogP) is 2.47. The lowest BCUT2D eigenvalue weighted by atomic mass is 9.85. The summed E-state index contributed by atoms with van der Waals surface area (Å²) in [5.74, 6) is 0.860. The molecule has 0 aliphatic heterocycles. The van der Waals surface area contributed by atoms with E-state index in [0.29, 0.717) is 0 Å². The second-order valence-corrected chi connectivity index (χ2v) is 3.96. The maximum absolute atomic E-state index is 8.77. The van der Waals surface area contributed by atoms with Crippen molar-refractivity contribution in [3.8, 4) is 6.07 Å². The molecule has 0 radical (unpaired) electrons. The standard InChI is InChI=1S/C11H14N2/c1-9-6-13(8-11(9)5-12)7-10-3-2-4-10/h6,8,10H,2-4,7H2,1H3. The highest BCUT2D eigenvalue weighted by molar-refractivity contribution is 5.34. The zero-order valence-electron chi connectivity index (χ0n) is 7.95. The third-order valence-electron chi connectivity index (χ3n) is 2.89. The monoisotopic (exact) mass is 174 g/mol. The molecule has 0 saturated heterocycles. The number of nitrogens with zero attached hydrogens (tertiary/aromatic N) is 2. The smallest absolute Gasteiger partial charge is 0.101 e. The Labute approximate surface area is 78.8 Å². The number of aryl methyl sites for hydroxylation is 1. The van der Waals surface area contributed by atoms with Crippen LogP contribution in [0.15, 0.2) is 12.4 Å². The molecule has 2 heteroatoms. The molecular formula is C11H14N2. The normalized spacial score (nSPS) is 16.6. The third kappa shape index (κ3) is 1.60. The lowest BCUT2D eigenvalue weighted by Gasteiger charge is -2.25. The van der Waals surface area contributed by atoms with Crippen LogP contribution in [0.4, 0.5) is 0 Å². The van der Waals surface area contributed by atoms with E-state index in [1.54, 1.807) is 0 Å². The van der Waals surface area contributed by atoms with Gasteiger partial charge < -0.3 is 4.57 Å². The molecule has 0 bridgehead atoms. The van der Waals surface area contributed by atoms with Gasteiger partial charge in [-0.15, -0.1) is 0 Å². The van der Waals surface area contributed by atoms with Gasteiger partial charge in [-0.2, -0.15) is 5.26 Å². The first kappa shape index (κ1) is 8.37. The molecule has 68 valence electrons. The van der Waals surface area contributed by atoms with Crippen molar-refractivity contribution in [1.82, 2.24) is 4.57 Å². The minimum atomic E-state index is 0.819. The average molecular weight is 174 g/mol. The number of hydrogen-bond donors (Lipinski definition) is 0. The summed E-state index contributed by atoms with van der Waals surface area (Å²) in [6.45, 7) is 3.10. The van der Waals surface area contributed by atoms with E-state index in [2.05, 4.69) is 16.8 Å². The van der Waals surface area contributed by atoms with E-state index in [1.807, 2.05) is 13.1 Å². The van der Waals surface area contributed by atoms with Gasteiger partial charge in [-0.1, -0.05) is 6.42 Å². The summed E-state index contributed by atoms with van der Waals surface area (Å²) in [5, 5.41) is 8.77. The van der Waals surface area contributed by atoms with Gasteiger partial charge in [0, 0.05) is 18.9 Å². The summed E-state index contributed by atoms with van der Waals surface area (Å²) in [6.07, 6.45) is 8.15. The second kappa shape index (κ2) is 3.26. The van der Waals surface area contributed by atoms with Gasteiger partial charge in [-0.3, -0.25) is 0 Å². The quantitative estimate of drug-likeness (QED) is 0.677. The van der Waals surface area contributed by atoms with Crippen molar-refractivity contribution in [1.29, 1.82) is 5.26 Å². The summed E-state index contributed by atoms with van der Waals surface area (Å²) >= 11 is 0. The van der Waals surface area contributed by atoms with Gasteiger partial charge >= 0.3 is 0 Å². The van der Waals surface area contributed by atoms with Crippen LogP contribution in [0.5, 0.6) is 0 Å². The average Bonchev–Trinajstić information content (AvgIpc) is 2.39. The maximum Gasteiger partial charge on any atom is 0.101 e. The Morgan fingerprint density at radius 3 is 2.77 bits per heavy atom. The Morgan fingerprint density at radius 1 is 1.54 bits per heavy atom. The molecule has 0 N–H and O–H groups in total. The fraction of sp³-hybridized carbons (Fsp3) is 0.545. The number of aromatic nitrogens is 1. The molecule has 1 aliphatic carbocycles.